The minimum atomic E-state index is -0.445. The van der Waals surface area contributed by atoms with Gasteiger partial charge in [-0.25, -0.2) is 4.98 Å². The Morgan fingerprint density at radius 2 is 1.85 bits per heavy atom. The minimum absolute atomic E-state index is 0.381. The van der Waals surface area contributed by atoms with Crippen molar-refractivity contribution in [3.8, 4) is 11.1 Å². The molecule has 2 atom stereocenters. The summed E-state index contributed by atoms with van der Waals surface area (Å²) in [7, 11) is 0. The predicted octanol–water partition coefficient (Wildman–Crippen LogP) is 3.56. The zero-order chi connectivity index (χ0) is 23.8. The number of carbonyl (C=O) groups is 2. The number of nitrogens with one attached hydrogen (secondary N) is 3. The number of rotatable bonds is 4. The van der Waals surface area contributed by atoms with Crippen LogP contribution >= 0.6 is 0 Å². The van der Waals surface area contributed by atoms with Crippen LogP contribution in [0.4, 0.5) is 11.5 Å². The first-order valence-electron chi connectivity index (χ1n) is 11.4. The SMILES string of the molecule is Cc1cc(N/C=C2\C(=O)NC(=O)c3ccc(-c4ccoc4)cc32)cnc1N1C[C@@H](C)N[C@@H](C)C1. The maximum atomic E-state index is 12.7. The van der Waals surface area contributed by atoms with Crippen molar-refractivity contribution in [2.45, 2.75) is 32.9 Å². The molecule has 0 bridgehead atoms. The number of fused-ring (bicyclic) bond motifs is 1. The Morgan fingerprint density at radius 3 is 2.56 bits per heavy atom. The Balaban J connectivity index is 1.43. The normalized spacial score (nSPS) is 21.4. The van der Waals surface area contributed by atoms with Gasteiger partial charge in [0.15, 0.2) is 0 Å². The average Bonchev–Trinajstić information content (AvgIpc) is 3.33. The van der Waals surface area contributed by atoms with Gasteiger partial charge in [-0.1, -0.05) is 6.07 Å². The van der Waals surface area contributed by atoms with E-state index in [1.165, 1.54) is 0 Å². The summed E-state index contributed by atoms with van der Waals surface area (Å²) in [4.78, 5) is 32.1. The number of piperazine rings is 1. The number of carbonyl (C=O) groups excluding carboxylic acids is 2. The highest BCUT2D eigenvalue weighted by atomic mass is 16.3. The molecular weight excluding hydrogens is 430 g/mol. The maximum Gasteiger partial charge on any atom is 0.260 e. The van der Waals surface area contributed by atoms with Crippen LogP contribution in [-0.4, -0.2) is 42.0 Å². The van der Waals surface area contributed by atoms with Crippen molar-refractivity contribution in [1.82, 2.24) is 15.6 Å². The third-order valence-electron chi connectivity index (χ3n) is 6.17. The molecule has 174 valence electrons. The monoisotopic (exact) mass is 457 g/mol. The van der Waals surface area contributed by atoms with Gasteiger partial charge in [0.1, 0.15) is 5.82 Å². The summed E-state index contributed by atoms with van der Waals surface area (Å²) >= 11 is 0. The smallest absolute Gasteiger partial charge is 0.260 e. The Kier molecular flexibility index (Phi) is 5.67. The number of anilines is 2. The summed E-state index contributed by atoms with van der Waals surface area (Å²) in [6.45, 7) is 8.19. The van der Waals surface area contributed by atoms with Gasteiger partial charge in [0.05, 0.1) is 30.0 Å². The summed E-state index contributed by atoms with van der Waals surface area (Å²) < 4.78 is 5.18. The second kappa shape index (κ2) is 8.79. The van der Waals surface area contributed by atoms with Gasteiger partial charge in [-0.3, -0.25) is 14.9 Å². The van der Waals surface area contributed by atoms with E-state index >= 15 is 0 Å². The summed E-state index contributed by atoms with van der Waals surface area (Å²) in [5, 5.41) is 9.15. The molecule has 4 heterocycles. The van der Waals surface area contributed by atoms with Crippen molar-refractivity contribution in [3.05, 3.63) is 71.9 Å². The molecule has 5 rings (SSSR count). The van der Waals surface area contributed by atoms with E-state index in [2.05, 4.69) is 34.7 Å². The van der Waals surface area contributed by atoms with Gasteiger partial charge in [-0.05, 0) is 56.2 Å². The Bertz CT molecular complexity index is 1270. The Hall–Kier alpha value is -3.91. The quantitative estimate of drug-likeness (QED) is 0.407. The highest BCUT2D eigenvalue weighted by Gasteiger charge is 2.28. The lowest BCUT2D eigenvalue weighted by Crippen LogP contribution is -2.54. The van der Waals surface area contributed by atoms with Crippen LogP contribution in [0.5, 0.6) is 0 Å². The lowest BCUT2D eigenvalue weighted by molar-refractivity contribution is -0.114. The molecule has 1 saturated heterocycles. The highest BCUT2D eigenvalue weighted by Crippen LogP contribution is 2.30. The standard InChI is InChI=1S/C26H27N5O3/c1-15-8-20(10-28-24(15)31-12-16(2)29-17(3)13-31)27-11-23-22-9-18(19-6-7-34-14-19)4-5-21(22)25(32)30-26(23)33/h4-11,14,16-17,27,29H,12-13H2,1-3H3,(H,30,32,33)/b23-11-/t16-,17+. The lowest BCUT2D eigenvalue weighted by Gasteiger charge is -2.37. The summed E-state index contributed by atoms with van der Waals surface area (Å²) in [5.41, 5.74) is 4.96. The summed E-state index contributed by atoms with van der Waals surface area (Å²) in [5.74, 6) is 0.117. The van der Waals surface area contributed by atoms with Gasteiger partial charge < -0.3 is 20.0 Å². The van der Waals surface area contributed by atoms with Gasteiger partial charge >= 0.3 is 0 Å². The third kappa shape index (κ3) is 4.20. The van der Waals surface area contributed by atoms with E-state index < -0.39 is 11.8 Å². The van der Waals surface area contributed by atoms with E-state index in [4.69, 9.17) is 9.40 Å². The number of hydrogen-bond donors (Lipinski definition) is 3. The number of furan rings is 1. The molecule has 34 heavy (non-hydrogen) atoms. The van der Waals surface area contributed by atoms with Crippen molar-refractivity contribution in [1.29, 1.82) is 0 Å². The largest absolute Gasteiger partial charge is 0.472 e. The lowest BCUT2D eigenvalue weighted by atomic mass is 9.92. The first kappa shape index (κ1) is 21.9. The van der Waals surface area contributed by atoms with Crippen molar-refractivity contribution < 1.29 is 14.0 Å². The van der Waals surface area contributed by atoms with Gasteiger partial charge in [-0.2, -0.15) is 0 Å². The fourth-order valence-electron chi connectivity index (χ4n) is 4.71. The molecular formula is C26H27N5O3. The molecule has 2 aromatic heterocycles. The average molecular weight is 458 g/mol. The van der Waals surface area contributed by atoms with Crippen LogP contribution in [-0.2, 0) is 4.79 Å². The molecule has 0 radical (unpaired) electrons. The molecule has 0 saturated carbocycles. The van der Waals surface area contributed by atoms with E-state index in [-0.39, 0.29) is 0 Å². The number of amides is 2. The Labute approximate surface area is 198 Å². The maximum absolute atomic E-state index is 12.7. The van der Waals surface area contributed by atoms with Crippen LogP contribution in [0.15, 0.2) is 59.7 Å². The van der Waals surface area contributed by atoms with Crippen molar-refractivity contribution >= 4 is 28.9 Å². The van der Waals surface area contributed by atoms with Crippen molar-refractivity contribution in [2.24, 2.45) is 0 Å². The zero-order valence-electron chi connectivity index (χ0n) is 19.4. The molecule has 1 aromatic carbocycles. The third-order valence-corrected chi connectivity index (χ3v) is 6.17. The highest BCUT2D eigenvalue weighted by molar-refractivity contribution is 6.31. The van der Waals surface area contributed by atoms with Crippen LogP contribution in [0, 0.1) is 6.92 Å². The minimum Gasteiger partial charge on any atom is -0.472 e. The van der Waals surface area contributed by atoms with E-state index in [1.807, 2.05) is 31.2 Å². The van der Waals surface area contributed by atoms with Crippen molar-refractivity contribution in [2.75, 3.05) is 23.3 Å². The van der Waals surface area contributed by atoms with Crippen LogP contribution in [0.1, 0.15) is 35.3 Å². The van der Waals surface area contributed by atoms with Crippen LogP contribution in [0.25, 0.3) is 16.7 Å². The number of hydrogen-bond acceptors (Lipinski definition) is 7. The van der Waals surface area contributed by atoms with Gasteiger partial charge in [0.2, 0.25) is 0 Å². The van der Waals surface area contributed by atoms with E-state index in [9.17, 15) is 9.59 Å². The molecule has 2 amide bonds. The number of aryl methyl sites for hydroxylation is 1. The number of nitrogens with zero attached hydrogens (tertiary/aromatic N) is 2. The number of imide groups is 1. The molecule has 1 fully saturated rings. The molecule has 2 aliphatic rings. The number of benzene rings is 1. The van der Waals surface area contributed by atoms with Gasteiger partial charge in [0.25, 0.3) is 11.8 Å². The van der Waals surface area contributed by atoms with Crippen molar-refractivity contribution in [3.63, 3.8) is 0 Å². The molecule has 3 N–H and O–H groups in total. The second-order valence-electron chi connectivity index (χ2n) is 9.00. The zero-order valence-corrected chi connectivity index (χ0v) is 19.4. The predicted molar refractivity (Wildman–Crippen MR) is 131 cm³/mol. The van der Waals surface area contributed by atoms with Crippen LogP contribution in [0.2, 0.25) is 0 Å². The molecule has 0 aliphatic carbocycles. The van der Waals surface area contributed by atoms with E-state index in [0.717, 1.165) is 41.3 Å². The molecule has 8 nitrogen and oxygen atoms in total. The molecule has 0 unspecified atom stereocenters. The second-order valence-corrected chi connectivity index (χ2v) is 9.00. The first-order valence-corrected chi connectivity index (χ1v) is 11.4. The fourth-order valence-corrected chi connectivity index (χ4v) is 4.71. The number of pyridine rings is 1. The number of aromatic nitrogens is 1. The van der Waals surface area contributed by atoms with Gasteiger partial charge in [0, 0.05) is 48.1 Å². The van der Waals surface area contributed by atoms with Crippen LogP contribution < -0.4 is 20.9 Å². The van der Waals surface area contributed by atoms with Crippen LogP contribution in [0.3, 0.4) is 0 Å². The molecule has 0 spiro atoms. The summed E-state index contributed by atoms with van der Waals surface area (Å²) in [6, 6.07) is 10.1. The van der Waals surface area contributed by atoms with E-state index in [1.54, 1.807) is 31.0 Å². The summed E-state index contributed by atoms with van der Waals surface area (Å²) in [6.07, 6.45) is 6.62. The first-order chi connectivity index (χ1) is 16.4. The Morgan fingerprint density at radius 1 is 1.06 bits per heavy atom. The van der Waals surface area contributed by atoms with Gasteiger partial charge in [-0.15, -0.1) is 0 Å². The fraction of sp³-hybridized carbons (Fsp3) is 0.269. The molecule has 8 heteroatoms. The topological polar surface area (TPSA) is 99.5 Å². The molecule has 3 aromatic rings. The molecule has 2 aliphatic heterocycles. The van der Waals surface area contributed by atoms with E-state index in [0.29, 0.717) is 28.8 Å².